The van der Waals surface area contributed by atoms with Gasteiger partial charge in [-0.1, -0.05) is 60.7 Å². The van der Waals surface area contributed by atoms with Gasteiger partial charge in [-0.3, -0.25) is 4.79 Å². The van der Waals surface area contributed by atoms with Crippen molar-refractivity contribution in [1.29, 1.82) is 0 Å². The van der Waals surface area contributed by atoms with Gasteiger partial charge >= 0.3 is 0 Å². The van der Waals surface area contributed by atoms with Crippen LogP contribution in [0.15, 0.2) is 84.0 Å². The molecule has 0 spiro atoms. The number of carbonyl (C=O) groups excluding carboxylic acids is 1. The first kappa shape index (κ1) is 17.4. The number of nitrogens with zero attached hydrogens (tertiary/aromatic N) is 1. The third kappa shape index (κ3) is 4.77. The molecule has 3 rings (SSSR count). The van der Waals surface area contributed by atoms with Gasteiger partial charge in [0.2, 0.25) is 0 Å². The lowest BCUT2D eigenvalue weighted by atomic mass is 10.1. The van der Waals surface area contributed by atoms with E-state index in [4.69, 9.17) is 4.74 Å². The Bertz CT molecular complexity index is 893. The first-order valence-corrected chi connectivity index (χ1v) is 8.07. The van der Waals surface area contributed by atoms with Crippen molar-refractivity contribution in [2.45, 2.75) is 0 Å². The zero-order valence-corrected chi connectivity index (χ0v) is 13.9. The number of ether oxygens (including phenoxy) is 1. The number of benzene rings is 3. The van der Waals surface area contributed by atoms with Crippen molar-refractivity contribution in [3.8, 4) is 16.9 Å². The highest BCUT2D eigenvalue weighted by molar-refractivity contribution is 5.83. The molecule has 0 aliphatic heterocycles. The molecule has 4 nitrogen and oxygen atoms in total. The molecule has 3 aromatic carbocycles. The van der Waals surface area contributed by atoms with Gasteiger partial charge in [0.05, 0.1) is 6.21 Å². The smallest absolute Gasteiger partial charge is 0.277 e. The molecule has 0 aliphatic rings. The van der Waals surface area contributed by atoms with Crippen LogP contribution in [0, 0.1) is 5.82 Å². The molecule has 5 heteroatoms. The first-order chi connectivity index (χ1) is 12.7. The minimum atomic E-state index is -0.426. The summed E-state index contributed by atoms with van der Waals surface area (Å²) in [6.45, 7) is -0.181. The Hall–Kier alpha value is -3.47. The summed E-state index contributed by atoms with van der Waals surface area (Å²) in [6.07, 6.45) is 1.25. The number of hydrogen-bond acceptors (Lipinski definition) is 3. The SMILES string of the molecule is O=C(COc1ccc(-c2ccccc2)cc1)N/N=C/c1ccccc1F. The van der Waals surface area contributed by atoms with Gasteiger partial charge in [0, 0.05) is 5.56 Å². The maximum absolute atomic E-state index is 13.4. The number of hydrogen-bond donors (Lipinski definition) is 1. The van der Waals surface area contributed by atoms with E-state index >= 15 is 0 Å². The lowest BCUT2D eigenvalue weighted by molar-refractivity contribution is -0.123. The van der Waals surface area contributed by atoms with E-state index in [9.17, 15) is 9.18 Å². The predicted molar refractivity (Wildman–Crippen MR) is 99.5 cm³/mol. The molecule has 0 heterocycles. The molecule has 0 saturated carbocycles. The topological polar surface area (TPSA) is 50.7 Å². The average molecular weight is 348 g/mol. The van der Waals surface area contributed by atoms with Gasteiger partial charge in [-0.15, -0.1) is 0 Å². The monoisotopic (exact) mass is 348 g/mol. The van der Waals surface area contributed by atoms with Crippen LogP contribution >= 0.6 is 0 Å². The number of carbonyl (C=O) groups is 1. The fraction of sp³-hybridized carbons (Fsp3) is 0.0476. The van der Waals surface area contributed by atoms with Crippen LogP contribution in [0.1, 0.15) is 5.56 Å². The number of nitrogens with one attached hydrogen (secondary N) is 1. The van der Waals surface area contributed by atoms with Crippen LogP contribution < -0.4 is 10.2 Å². The van der Waals surface area contributed by atoms with E-state index < -0.39 is 11.7 Å². The molecule has 1 N–H and O–H groups in total. The Morgan fingerprint density at radius 2 is 1.58 bits per heavy atom. The maximum atomic E-state index is 13.4. The van der Waals surface area contributed by atoms with E-state index in [1.807, 2.05) is 42.5 Å². The second-order valence-corrected chi connectivity index (χ2v) is 5.49. The third-order valence-electron chi connectivity index (χ3n) is 3.63. The Labute approximate surface area is 150 Å². The molecule has 3 aromatic rings. The van der Waals surface area contributed by atoms with Crippen molar-refractivity contribution in [2.75, 3.05) is 6.61 Å². The third-order valence-corrected chi connectivity index (χ3v) is 3.63. The number of halogens is 1. The standard InChI is InChI=1S/C21H17FN2O2/c22-20-9-5-4-8-18(20)14-23-24-21(25)15-26-19-12-10-17(11-13-19)16-6-2-1-3-7-16/h1-14H,15H2,(H,24,25)/b23-14+. The van der Waals surface area contributed by atoms with Gasteiger partial charge in [0.15, 0.2) is 6.61 Å². The fourth-order valence-corrected chi connectivity index (χ4v) is 2.31. The van der Waals surface area contributed by atoms with E-state index in [1.54, 1.807) is 30.3 Å². The molecule has 1 amide bonds. The molecule has 0 bridgehead atoms. The minimum Gasteiger partial charge on any atom is -0.484 e. The maximum Gasteiger partial charge on any atom is 0.277 e. The first-order valence-electron chi connectivity index (χ1n) is 8.07. The van der Waals surface area contributed by atoms with Crippen molar-refractivity contribution in [2.24, 2.45) is 5.10 Å². The fourth-order valence-electron chi connectivity index (χ4n) is 2.31. The molecule has 0 aromatic heterocycles. The Morgan fingerprint density at radius 3 is 2.31 bits per heavy atom. The van der Waals surface area contributed by atoms with Gasteiger partial charge in [0.1, 0.15) is 11.6 Å². The van der Waals surface area contributed by atoms with E-state index in [2.05, 4.69) is 10.5 Å². The van der Waals surface area contributed by atoms with Crippen LogP contribution in [0.2, 0.25) is 0 Å². The Kier molecular flexibility index (Phi) is 5.72. The van der Waals surface area contributed by atoms with Gasteiger partial charge in [0.25, 0.3) is 5.91 Å². The van der Waals surface area contributed by atoms with E-state index in [0.717, 1.165) is 11.1 Å². The zero-order chi connectivity index (χ0) is 18.2. The van der Waals surface area contributed by atoms with E-state index in [1.165, 1.54) is 12.3 Å². The van der Waals surface area contributed by atoms with E-state index in [-0.39, 0.29) is 6.61 Å². The summed E-state index contributed by atoms with van der Waals surface area (Å²) in [7, 11) is 0. The molecule has 0 atom stereocenters. The molecule has 0 aliphatic carbocycles. The van der Waals surface area contributed by atoms with Gasteiger partial charge in [-0.25, -0.2) is 9.82 Å². The van der Waals surface area contributed by atoms with Crippen molar-refractivity contribution >= 4 is 12.1 Å². The number of rotatable bonds is 6. The summed E-state index contributed by atoms with van der Waals surface area (Å²) in [4.78, 5) is 11.7. The number of hydrazone groups is 1. The predicted octanol–water partition coefficient (Wildman–Crippen LogP) is 4.02. The zero-order valence-electron chi connectivity index (χ0n) is 13.9. The molecule has 26 heavy (non-hydrogen) atoms. The van der Waals surface area contributed by atoms with Gasteiger partial charge in [-0.05, 0) is 29.3 Å². The van der Waals surface area contributed by atoms with Gasteiger partial charge < -0.3 is 4.74 Å². The normalized spacial score (nSPS) is 10.7. The average Bonchev–Trinajstić information content (AvgIpc) is 2.69. The molecule has 0 saturated heterocycles. The lowest BCUT2D eigenvalue weighted by Crippen LogP contribution is -2.24. The highest BCUT2D eigenvalue weighted by atomic mass is 19.1. The molecule has 0 radical (unpaired) electrons. The summed E-state index contributed by atoms with van der Waals surface area (Å²) < 4.78 is 18.8. The lowest BCUT2D eigenvalue weighted by Gasteiger charge is -2.06. The summed E-state index contributed by atoms with van der Waals surface area (Å²) in [5.41, 5.74) is 4.78. The molecular weight excluding hydrogens is 331 g/mol. The van der Waals surface area contributed by atoms with Crippen LogP contribution in [0.4, 0.5) is 4.39 Å². The summed E-state index contributed by atoms with van der Waals surface area (Å²) in [5.74, 6) is -0.247. The number of amides is 1. The van der Waals surface area contributed by atoms with Crippen molar-refractivity contribution in [3.63, 3.8) is 0 Å². The van der Waals surface area contributed by atoms with Crippen LogP contribution in [0.25, 0.3) is 11.1 Å². The highest BCUT2D eigenvalue weighted by Crippen LogP contribution is 2.21. The molecule has 0 unspecified atom stereocenters. The molecular formula is C21H17FN2O2. The molecule has 0 fully saturated rings. The van der Waals surface area contributed by atoms with Crippen LogP contribution in [-0.2, 0) is 4.79 Å². The Balaban J connectivity index is 1.49. The quantitative estimate of drug-likeness (QED) is 0.540. The summed E-state index contributed by atoms with van der Waals surface area (Å²) in [6, 6.07) is 23.6. The summed E-state index contributed by atoms with van der Waals surface area (Å²) in [5, 5.41) is 3.72. The van der Waals surface area contributed by atoms with E-state index in [0.29, 0.717) is 11.3 Å². The second kappa shape index (κ2) is 8.58. The highest BCUT2D eigenvalue weighted by Gasteiger charge is 2.03. The van der Waals surface area contributed by atoms with Crippen LogP contribution in [-0.4, -0.2) is 18.7 Å². The van der Waals surface area contributed by atoms with Crippen molar-refractivity contribution in [1.82, 2.24) is 5.43 Å². The minimum absolute atomic E-state index is 0.181. The Morgan fingerprint density at radius 1 is 0.923 bits per heavy atom. The van der Waals surface area contributed by atoms with Crippen molar-refractivity contribution < 1.29 is 13.9 Å². The molecule has 130 valence electrons. The van der Waals surface area contributed by atoms with Crippen molar-refractivity contribution in [3.05, 3.63) is 90.2 Å². The van der Waals surface area contributed by atoms with Crippen LogP contribution in [0.5, 0.6) is 5.75 Å². The second-order valence-electron chi connectivity index (χ2n) is 5.49. The largest absolute Gasteiger partial charge is 0.484 e. The summed E-state index contributed by atoms with van der Waals surface area (Å²) >= 11 is 0. The van der Waals surface area contributed by atoms with Crippen LogP contribution in [0.3, 0.4) is 0 Å². The van der Waals surface area contributed by atoms with Gasteiger partial charge in [-0.2, -0.15) is 5.10 Å².